The summed E-state index contributed by atoms with van der Waals surface area (Å²) in [6, 6.07) is 8.71. The fourth-order valence-electron chi connectivity index (χ4n) is 2.74. The van der Waals surface area contributed by atoms with E-state index in [1.54, 1.807) is 0 Å². The molecule has 88 valence electrons. The molecule has 0 radical (unpaired) electrons. The summed E-state index contributed by atoms with van der Waals surface area (Å²) in [5, 5.41) is 1.39. The second kappa shape index (κ2) is 3.61. The van der Waals surface area contributed by atoms with Crippen LogP contribution in [0.5, 0.6) is 0 Å². The number of hydrogen-bond acceptors (Lipinski definition) is 1. The molecule has 0 fully saturated rings. The van der Waals surface area contributed by atoms with Crippen LogP contribution in [0.3, 0.4) is 0 Å². The third-order valence-electron chi connectivity index (χ3n) is 3.62. The van der Waals surface area contributed by atoms with E-state index in [1.807, 2.05) is 11.3 Å². The zero-order valence-electron chi connectivity index (χ0n) is 10.7. The van der Waals surface area contributed by atoms with Gasteiger partial charge < -0.3 is 4.57 Å². The molecule has 1 nitrogen and oxygen atoms in total. The Balaban J connectivity index is 2.55. The lowest BCUT2D eigenvalue weighted by Crippen LogP contribution is -1.94. The maximum absolute atomic E-state index is 2.35. The predicted molar refractivity (Wildman–Crippen MR) is 77.1 cm³/mol. The summed E-state index contributed by atoms with van der Waals surface area (Å²) in [6.07, 6.45) is 0. The quantitative estimate of drug-likeness (QED) is 0.577. The van der Waals surface area contributed by atoms with E-state index in [2.05, 4.69) is 56.7 Å². The van der Waals surface area contributed by atoms with Crippen LogP contribution in [0, 0.1) is 6.92 Å². The molecule has 0 spiro atoms. The third-order valence-corrected chi connectivity index (χ3v) is 4.81. The molecule has 17 heavy (non-hydrogen) atoms. The van der Waals surface area contributed by atoms with Crippen LogP contribution in [0.2, 0.25) is 0 Å². The Labute approximate surface area is 106 Å². The van der Waals surface area contributed by atoms with Crippen molar-refractivity contribution in [3.63, 3.8) is 0 Å². The van der Waals surface area contributed by atoms with E-state index in [4.69, 9.17) is 0 Å². The average Bonchev–Trinajstić information content (AvgIpc) is 2.76. The molecule has 0 atom stereocenters. The van der Waals surface area contributed by atoms with Crippen molar-refractivity contribution in [3.05, 3.63) is 35.5 Å². The molecule has 0 unspecified atom stereocenters. The van der Waals surface area contributed by atoms with Crippen LogP contribution in [0.4, 0.5) is 0 Å². The van der Waals surface area contributed by atoms with Crippen LogP contribution < -0.4 is 0 Å². The van der Waals surface area contributed by atoms with E-state index >= 15 is 0 Å². The molecule has 1 aromatic carbocycles. The van der Waals surface area contributed by atoms with Crippen molar-refractivity contribution in [1.29, 1.82) is 0 Å². The number of thiophene rings is 1. The number of hydrogen-bond donors (Lipinski definition) is 0. The normalized spacial score (nSPS) is 12.1. The number of benzene rings is 1. The summed E-state index contributed by atoms with van der Waals surface area (Å²) in [6.45, 7) is 6.80. The van der Waals surface area contributed by atoms with Gasteiger partial charge in [0.25, 0.3) is 0 Å². The van der Waals surface area contributed by atoms with Gasteiger partial charge in [0, 0.05) is 22.8 Å². The molecule has 0 aliphatic rings. The lowest BCUT2D eigenvalue weighted by molar-refractivity contribution is 0.830. The SMILES string of the molecule is Cc1c(C(C)C)c2sc3ccccc3c2n1C. The van der Waals surface area contributed by atoms with Gasteiger partial charge in [-0.05, 0) is 24.5 Å². The van der Waals surface area contributed by atoms with Gasteiger partial charge in [0.2, 0.25) is 0 Å². The second-order valence-corrected chi connectivity index (χ2v) is 6.04. The lowest BCUT2D eigenvalue weighted by atomic mass is 10.0. The molecule has 2 heterocycles. The number of rotatable bonds is 1. The molecule has 2 heteroatoms. The Hall–Kier alpha value is -1.28. The summed E-state index contributed by atoms with van der Waals surface area (Å²) in [7, 11) is 2.18. The van der Waals surface area contributed by atoms with Gasteiger partial charge in [-0.1, -0.05) is 32.0 Å². The van der Waals surface area contributed by atoms with Gasteiger partial charge in [0.1, 0.15) is 0 Å². The Morgan fingerprint density at radius 1 is 1.18 bits per heavy atom. The highest BCUT2D eigenvalue weighted by molar-refractivity contribution is 7.26. The van der Waals surface area contributed by atoms with Crippen molar-refractivity contribution < 1.29 is 0 Å². The highest BCUT2D eigenvalue weighted by Crippen LogP contribution is 2.41. The van der Waals surface area contributed by atoms with Crippen LogP contribution in [0.25, 0.3) is 20.3 Å². The van der Waals surface area contributed by atoms with Gasteiger partial charge in [-0.25, -0.2) is 0 Å². The molecule has 0 aliphatic carbocycles. The number of aromatic nitrogens is 1. The highest BCUT2D eigenvalue weighted by Gasteiger charge is 2.18. The third kappa shape index (κ3) is 1.37. The molecule has 0 saturated heterocycles. The number of aryl methyl sites for hydroxylation is 1. The largest absolute Gasteiger partial charge is 0.346 e. The van der Waals surface area contributed by atoms with Gasteiger partial charge in [-0.2, -0.15) is 0 Å². The maximum atomic E-state index is 2.35. The first-order chi connectivity index (χ1) is 8.11. The van der Waals surface area contributed by atoms with Gasteiger partial charge in [0.05, 0.1) is 10.2 Å². The molecule has 2 aromatic heterocycles. The van der Waals surface area contributed by atoms with Crippen molar-refractivity contribution >= 4 is 31.6 Å². The van der Waals surface area contributed by atoms with Crippen molar-refractivity contribution in [3.8, 4) is 0 Å². The topological polar surface area (TPSA) is 4.93 Å². The van der Waals surface area contributed by atoms with E-state index in [0.29, 0.717) is 5.92 Å². The van der Waals surface area contributed by atoms with Crippen molar-refractivity contribution in [2.45, 2.75) is 26.7 Å². The first-order valence-corrected chi connectivity index (χ1v) is 6.89. The van der Waals surface area contributed by atoms with Crippen molar-refractivity contribution in [1.82, 2.24) is 4.57 Å². The zero-order chi connectivity index (χ0) is 12.2. The van der Waals surface area contributed by atoms with E-state index < -0.39 is 0 Å². The number of fused-ring (bicyclic) bond motifs is 3. The number of nitrogens with zero attached hydrogens (tertiary/aromatic N) is 1. The Kier molecular flexibility index (Phi) is 2.30. The molecular weight excluding hydrogens is 226 g/mol. The van der Waals surface area contributed by atoms with Crippen LogP contribution >= 0.6 is 11.3 Å². The fourth-order valence-corrected chi connectivity index (χ4v) is 4.22. The Morgan fingerprint density at radius 3 is 2.59 bits per heavy atom. The van der Waals surface area contributed by atoms with E-state index in [0.717, 1.165) is 0 Å². The van der Waals surface area contributed by atoms with Gasteiger partial charge in [-0.3, -0.25) is 0 Å². The molecular formula is C15H17NS. The maximum Gasteiger partial charge on any atom is 0.0672 e. The minimum Gasteiger partial charge on any atom is -0.346 e. The highest BCUT2D eigenvalue weighted by atomic mass is 32.1. The molecule has 0 saturated carbocycles. The Bertz CT molecular complexity index is 700. The fraction of sp³-hybridized carbons (Fsp3) is 0.333. The summed E-state index contributed by atoms with van der Waals surface area (Å²) >= 11 is 1.93. The first kappa shape index (κ1) is 10.8. The standard InChI is InChI=1S/C15H17NS/c1-9(2)13-10(3)16(4)14-11-7-5-6-8-12(11)17-15(13)14/h5-9H,1-4H3. The summed E-state index contributed by atoms with van der Waals surface area (Å²) in [5.41, 5.74) is 4.34. The molecule has 0 aliphatic heterocycles. The van der Waals surface area contributed by atoms with Gasteiger partial charge >= 0.3 is 0 Å². The summed E-state index contributed by atoms with van der Waals surface area (Å²) in [4.78, 5) is 0. The van der Waals surface area contributed by atoms with E-state index in [1.165, 1.54) is 31.6 Å². The average molecular weight is 243 g/mol. The molecule has 0 N–H and O–H groups in total. The molecule has 3 rings (SSSR count). The monoisotopic (exact) mass is 243 g/mol. The Morgan fingerprint density at radius 2 is 1.88 bits per heavy atom. The van der Waals surface area contributed by atoms with Crippen LogP contribution in [0.15, 0.2) is 24.3 Å². The van der Waals surface area contributed by atoms with E-state index in [-0.39, 0.29) is 0 Å². The first-order valence-electron chi connectivity index (χ1n) is 6.07. The minimum atomic E-state index is 0.590. The zero-order valence-corrected chi connectivity index (χ0v) is 11.6. The van der Waals surface area contributed by atoms with Crippen LogP contribution in [0.1, 0.15) is 31.0 Å². The van der Waals surface area contributed by atoms with E-state index in [9.17, 15) is 0 Å². The van der Waals surface area contributed by atoms with Crippen molar-refractivity contribution in [2.24, 2.45) is 7.05 Å². The second-order valence-electron chi connectivity index (χ2n) is 4.99. The minimum absolute atomic E-state index is 0.590. The van der Waals surface area contributed by atoms with Gasteiger partial charge in [-0.15, -0.1) is 11.3 Å². The van der Waals surface area contributed by atoms with Gasteiger partial charge in [0.15, 0.2) is 0 Å². The predicted octanol–water partition coefficient (Wildman–Crippen LogP) is 4.82. The smallest absolute Gasteiger partial charge is 0.0672 e. The van der Waals surface area contributed by atoms with Crippen molar-refractivity contribution in [2.75, 3.05) is 0 Å². The van der Waals surface area contributed by atoms with Crippen LogP contribution in [-0.4, -0.2) is 4.57 Å². The summed E-state index contributed by atoms with van der Waals surface area (Å²) < 4.78 is 5.22. The van der Waals surface area contributed by atoms with Crippen LogP contribution in [-0.2, 0) is 7.05 Å². The lowest BCUT2D eigenvalue weighted by Gasteiger charge is -2.05. The molecule has 0 amide bonds. The summed E-state index contributed by atoms with van der Waals surface area (Å²) in [5.74, 6) is 0.590. The molecule has 0 bridgehead atoms. The molecule has 3 aromatic rings.